The van der Waals surface area contributed by atoms with E-state index in [1.807, 2.05) is 0 Å². The Hall–Kier alpha value is -6.42. The number of amides is 1. The van der Waals surface area contributed by atoms with Gasteiger partial charge in [0.25, 0.3) is 24.8 Å². The van der Waals surface area contributed by atoms with Crippen LogP contribution in [0.25, 0.3) is 38.8 Å². The first kappa shape index (κ1) is 43.2. The van der Waals surface area contributed by atoms with E-state index in [4.69, 9.17) is 16.6 Å². The van der Waals surface area contributed by atoms with E-state index in [0.717, 1.165) is 21.4 Å². The number of halogens is 9. The van der Waals surface area contributed by atoms with Gasteiger partial charge in [-0.1, -0.05) is 23.7 Å². The Balaban J connectivity index is 1.38. The number of hydrogen-bond donors (Lipinski definition) is 2. The summed E-state index contributed by atoms with van der Waals surface area (Å²) in [6.07, 6.45) is -8.15. The average Bonchev–Trinajstić information content (AvgIpc) is 3.92. The van der Waals surface area contributed by atoms with Gasteiger partial charge in [0.15, 0.2) is 5.82 Å². The Morgan fingerprint density at radius 3 is 2.29 bits per heavy atom. The summed E-state index contributed by atoms with van der Waals surface area (Å²) in [6.45, 7) is -2.24. The van der Waals surface area contributed by atoms with Gasteiger partial charge in [-0.15, -0.1) is 0 Å². The number of alkyl halides is 6. The molecule has 23 heteroatoms. The molecule has 0 saturated heterocycles. The van der Waals surface area contributed by atoms with Crippen molar-refractivity contribution in [2.45, 2.75) is 62.9 Å². The summed E-state index contributed by atoms with van der Waals surface area (Å²) in [5.41, 5.74) is -2.83. The first-order chi connectivity index (χ1) is 30.0. The molecule has 0 spiro atoms. The minimum Gasteiger partial charge on any atom is -0.344 e. The highest BCUT2D eigenvalue weighted by atomic mass is 35.5. The van der Waals surface area contributed by atoms with Crippen LogP contribution < -0.4 is 15.6 Å². The number of carbonyl (C=O) groups excluding carboxylic acids is 1. The molecule has 1 atom stereocenters. The Morgan fingerprint density at radius 2 is 1.63 bits per heavy atom. The molecule has 2 N–H and O–H groups in total. The lowest BCUT2D eigenvalue weighted by Crippen LogP contribution is -2.37. The number of sulfonamides is 1. The Kier molecular flexibility index (Phi) is 11.7. The molecular weight excluding hydrogens is 890 g/mol. The highest BCUT2D eigenvalue weighted by molar-refractivity contribution is 7.93. The second-order valence-corrected chi connectivity index (χ2v) is 16.8. The van der Waals surface area contributed by atoms with Crippen molar-refractivity contribution < 1.29 is 48.3 Å². The van der Waals surface area contributed by atoms with Gasteiger partial charge in [0.05, 0.1) is 49.5 Å². The molecule has 7 aromatic rings. The van der Waals surface area contributed by atoms with E-state index < -0.39 is 106 Å². The van der Waals surface area contributed by atoms with E-state index >= 15 is 4.79 Å². The number of nitrogens with zero attached hydrogens (tertiary/aromatic N) is 7. The third-order valence-corrected chi connectivity index (χ3v) is 12.2. The lowest BCUT2D eigenvalue weighted by molar-refractivity contribution is -0.122. The van der Waals surface area contributed by atoms with Crippen molar-refractivity contribution in [1.82, 2.24) is 39.4 Å². The largest absolute Gasteiger partial charge is 0.344 e. The monoisotopic (exact) mass is 919 g/mol. The van der Waals surface area contributed by atoms with Crippen LogP contribution in [0.1, 0.15) is 54.5 Å². The van der Waals surface area contributed by atoms with Gasteiger partial charge in [-0.3, -0.25) is 33.2 Å². The SMILES string of the molecule is O=C(Cn1nc(C(F)F)cc1C(F)F)N[C@@H](Cc1cc(F)cc(F)c1)c1nc2cc(-c3ccccn3)ccc2c(=O)n1-c1ccc(Cl)c2c(NS(=O)(=O)C3CC3)nn(CC(F)F)c12. The van der Waals surface area contributed by atoms with Crippen molar-refractivity contribution >= 4 is 55.2 Å². The second-order valence-electron chi connectivity index (χ2n) is 14.5. The van der Waals surface area contributed by atoms with Crippen LogP contribution in [0.5, 0.6) is 0 Å². The van der Waals surface area contributed by atoms with Gasteiger partial charge in [-0.05, 0) is 73.0 Å². The average molecular weight is 920 g/mol. The van der Waals surface area contributed by atoms with Crippen LogP contribution >= 0.6 is 11.6 Å². The van der Waals surface area contributed by atoms with Crippen LogP contribution in [0.15, 0.2) is 83.8 Å². The van der Waals surface area contributed by atoms with Gasteiger partial charge < -0.3 is 5.32 Å². The van der Waals surface area contributed by atoms with Crippen molar-refractivity contribution in [3.63, 3.8) is 0 Å². The van der Waals surface area contributed by atoms with Crippen LogP contribution in [0.3, 0.4) is 0 Å². The van der Waals surface area contributed by atoms with Gasteiger partial charge in [0, 0.05) is 24.2 Å². The molecule has 1 amide bonds. The molecule has 0 unspecified atom stereocenters. The Morgan fingerprint density at radius 1 is 0.889 bits per heavy atom. The van der Waals surface area contributed by atoms with E-state index in [2.05, 4.69) is 25.2 Å². The molecule has 1 saturated carbocycles. The van der Waals surface area contributed by atoms with E-state index in [-0.39, 0.29) is 38.1 Å². The second kappa shape index (κ2) is 17.0. The minimum atomic E-state index is -4.08. The smallest absolute Gasteiger partial charge is 0.282 e. The maximum atomic E-state index is 15.0. The molecule has 0 bridgehead atoms. The van der Waals surface area contributed by atoms with Crippen molar-refractivity contribution in [2.75, 3.05) is 4.72 Å². The lowest BCUT2D eigenvalue weighted by Gasteiger charge is -2.24. The fraction of sp³-hybridized carbons (Fsp3) is 0.250. The first-order valence-electron chi connectivity index (χ1n) is 18.8. The predicted octanol–water partition coefficient (Wildman–Crippen LogP) is 8.07. The molecule has 0 aliphatic heterocycles. The van der Waals surface area contributed by atoms with Crippen LogP contribution in [-0.2, 0) is 34.3 Å². The van der Waals surface area contributed by atoms with Crippen molar-refractivity contribution in [3.05, 3.63) is 129 Å². The molecular formula is C40H30ClF8N9O4S. The fourth-order valence-electron chi connectivity index (χ4n) is 7.14. The van der Waals surface area contributed by atoms with E-state index in [9.17, 15) is 48.3 Å². The molecule has 1 aliphatic carbocycles. The molecule has 4 aromatic heterocycles. The number of pyridine rings is 1. The minimum absolute atomic E-state index is 0.0307. The summed E-state index contributed by atoms with van der Waals surface area (Å²) < 4.78 is 144. The standard InChI is InChI=1S/C40H30ClF8N9O4S/c41-25-8-9-30(35-34(25)38(54-57(35)17-32(44)45)55-63(61,62)23-5-6-23)58-39(52-27-14-20(4-7-24(27)40(58)60)26-3-1-2-10-50-26)29(13-19-11-21(42)15-22(43)12-19)51-33(59)18-56-31(37(48)49)16-28(53-56)36(46)47/h1-4,7-12,14-16,23,29,32,36-37H,5-6,13,17-18H2,(H,51,59)(H,54,55)/t29-/m0/s1. The van der Waals surface area contributed by atoms with Crippen LogP contribution in [0, 0.1) is 11.6 Å². The zero-order valence-electron chi connectivity index (χ0n) is 32.0. The fourth-order valence-corrected chi connectivity index (χ4v) is 8.72. The normalized spacial score (nSPS) is 13.8. The zero-order valence-corrected chi connectivity index (χ0v) is 33.6. The molecule has 3 aromatic carbocycles. The van der Waals surface area contributed by atoms with Gasteiger partial charge in [0.1, 0.15) is 41.9 Å². The summed E-state index contributed by atoms with van der Waals surface area (Å²) in [5.74, 6) is -4.14. The predicted molar refractivity (Wildman–Crippen MR) is 214 cm³/mol. The molecule has 1 aliphatic rings. The van der Waals surface area contributed by atoms with Crippen LogP contribution in [-0.4, -0.2) is 60.1 Å². The summed E-state index contributed by atoms with van der Waals surface area (Å²) in [7, 11) is -4.08. The molecule has 8 rings (SSSR count). The number of hydrogen-bond acceptors (Lipinski definition) is 8. The molecule has 63 heavy (non-hydrogen) atoms. The van der Waals surface area contributed by atoms with Crippen LogP contribution in [0.2, 0.25) is 5.02 Å². The molecule has 0 radical (unpaired) electrons. The van der Waals surface area contributed by atoms with Crippen molar-refractivity contribution in [2.24, 2.45) is 0 Å². The highest BCUT2D eigenvalue weighted by Gasteiger charge is 2.37. The topological polar surface area (TPSA) is 159 Å². The number of benzene rings is 3. The number of carbonyl (C=O) groups is 1. The maximum absolute atomic E-state index is 15.0. The number of nitrogens with one attached hydrogen (secondary N) is 2. The Bertz CT molecular complexity index is 3050. The van der Waals surface area contributed by atoms with Gasteiger partial charge in [-0.2, -0.15) is 10.2 Å². The summed E-state index contributed by atoms with van der Waals surface area (Å²) in [5, 5.41) is 8.85. The quantitative estimate of drug-likeness (QED) is 0.0978. The van der Waals surface area contributed by atoms with E-state index in [1.165, 1.54) is 30.5 Å². The van der Waals surface area contributed by atoms with E-state index in [1.54, 1.807) is 24.3 Å². The number of anilines is 1. The van der Waals surface area contributed by atoms with Gasteiger partial charge in [0.2, 0.25) is 15.9 Å². The van der Waals surface area contributed by atoms with Gasteiger partial charge in [-0.25, -0.2) is 48.5 Å². The summed E-state index contributed by atoms with van der Waals surface area (Å²) >= 11 is 6.63. The summed E-state index contributed by atoms with van der Waals surface area (Å²) in [4.78, 5) is 38.0. The van der Waals surface area contributed by atoms with Crippen molar-refractivity contribution in [3.8, 4) is 16.9 Å². The first-order valence-corrected chi connectivity index (χ1v) is 20.8. The number of aromatic nitrogens is 7. The molecule has 328 valence electrons. The van der Waals surface area contributed by atoms with Crippen molar-refractivity contribution in [1.29, 1.82) is 0 Å². The van der Waals surface area contributed by atoms with Gasteiger partial charge >= 0.3 is 0 Å². The summed E-state index contributed by atoms with van der Waals surface area (Å²) in [6, 6.07) is 13.0. The molecule has 1 fully saturated rings. The molecule has 4 heterocycles. The van der Waals surface area contributed by atoms with Crippen LogP contribution in [0.4, 0.5) is 40.9 Å². The Labute approximate surface area is 355 Å². The molecule has 13 nitrogen and oxygen atoms in total. The van der Waals surface area contributed by atoms with E-state index in [0.29, 0.717) is 40.9 Å². The zero-order chi connectivity index (χ0) is 44.9. The number of rotatable bonds is 15. The third-order valence-electron chi connectivity index (χ3n) is 10.0. The lowest BCUT2D eigenvalue weighted by atomic mass is 10.0. The highest BCUT2D eigenvalue weighted by Crippen LogP contribution is 2.38. The third kappa shape index (κ3) is 8.94. The number of fused-ring (bicyclic) bond motifs is 2. The maximum Gasteiger partial charge on any atom is 0.282 e.